The van der Waals surface area contributed by atoms with E-state index in [4.69, 9.17) is 5.26 Å². The van der Waals surface area contributed by atoms with Crippen molar-refractivity contribution < 1.29 is 14.0 Å². The van der Waals surface area contributed by atoms with Gasteiger partial charge in [0.05, 0.1) is 23.3 Å². The van der Waals surface area contributed by atoms with Gasteiger partial charge in [-0.25, -0.2) is 9.37 Å². The summed E-state index contributed by atoms with van der Waals surface area (Å²) in [5.74, 6) is -0.362. The average Bonchev–Trinajstić information content (AvgIpc) is 3.66. The predicted octanol–water partition coefficient (Wildman–Crippen LogP) is 4.49. The van der Waals surface area contributed by atoms with Crippen LogP contribution in [0, 0.1) is 23.1 Å². The number of aromatic nitrogens is 2. The first-order valence-electron chi connectivity index (χ1n) is 11.1. The molecule has 4 rings (SSSR count). The molecule has 0 spiro atoms. The topological polar surface area (TPSA) is 99.0 Å². The lowest BCUT2D eigenvalue weighted by Gasteiger charge is -2.22. The molecule has 7 nitrogen and oxygen atoms in total. The van der Waals surface area contributed by atoms with Gasteiger partial charge in [0.1, 0.15) is 17.6 Å². The van der Waals surface area contributed by atoms with Crippen LogP contribution in [0.2, 0.25) is 0 Å². The molecule has 1 N–H and O–H groups in total. The number of amides is 2. The zero-order valence-electron chi connectivity index (χ0n) is 18.8. The number of halogens is 1. The van der Waals surface area contributed by atoms with E-state index in [9.17, 15) is 14.0 Å². The number of hydrogen-bond acceptors (Lipinski definition) is 5. The van der Waals surface area contributed by atoms with Crippen LogP contribution in [0.3, 0.4) is 0 Å². The summed E-state index contributed by atoms with van der Waals surface area (Å²) in [5, 5.41) is 11.6. The van der Waals surface area contributed by atoms with Crippen LogP contribution in [0.4, 0.5) is 15.8 Å². The van der Waals surface area contributed by atoms with Gasteiger partial charge in [0.15, 0.2) is 0 Å². The maximum absolute atomic E-state index is 14.8. The molecule has 172 valence electrons. The highest BCUT2D eigenvalue weighted by Crippen LogP contribution is 2.33. The number of hydrogen-bond donors (Lipinski definition) is 1. The highest BCUT2D eigenvalue weighted by molar-refractivity contribution is 5.92. The maximum atomic E-state index is 14.8. The minimum atomic E-state index is -0.468. The second kappa shape index (κ2) is 10.2. The molecule has 34 heavy (non-hydrogen) atoms. The molecule has 3 aromatic rings. The minimum Gasteiger partial charge on any atom is -0.325 e. The predicted molar refractivity (Wildman–Crippen MR) is 126 cm³/mol. The third-order valence-corrected chi connectivity index (χ3v) is 5.68. The number of benzene rings is 1. The number of nitrogens with zero attached hydrogens (tertiary/aromatic N) is 4. The number of carbonyl (C=O) groups excluding carboxylic acids is 2. The Bertz CT molecular complexity index is 1230. The number of aryl methyl sites for hydroxylation is 1. The van der Waals surface area contributed by atoms with Crippen molar-refractivity contribution in [2.75, 3.05) is 16.8 Å². The number of rotatable bonds is 8. The number of anilines is 2. The lowest BCUT2D eigenvalue weighted by molar-refractivity contribution is -0.117. The summed E-state index contributed by atoms with van der Waals surface area (Å²) in [5.41, 5.74) is 3.17. The van der Waals surface area contributed by atoms with E-state index in [1.165, 1.54) is 24.1 Å². The molecule has 1 aromatic carbocycles. The molecule has 2 aromatic heterocycles. The van der Waals surface area contributed by atoms with Crippen LogP contribution in [0.25, 0.3) is 11.3 Å². The van der Waals surface area contributed by atoms with Crippen LogP contribution in [-0.4, -0.2) is 28.3 Å². The van der Waals surface area contributed by atoms with E-state index in [1.54, 1.807) is 42.6 Å². The zero-order chi connectivity index (χ0) is 24.1. The van der Waals surface area contributed by atoms with Gasteiger partial charge in [-0.2, -0.15) is 5.26 Å². The fourth-order valence-corrected chi connectivity index (χ4v) is 3.60. The van der Waals surface area contributed by atoms with Gasteiger partial charge < -0.3 is 10.2 Å². The van der Waals surface area contributed by atoms with E-state index in [0.29, 0.717) is 41.5 Å². The van der Waals surface area contributed by atoms with Gasteiger partial charge in [-0.1, -0.05) is 12.1 Å². The van der Waals surface area contributed by atoms with E-state index >= 15 is 0 Å². The van der Waals surface area contributed by atoms with Crippen LogP contribution >= 0.6 is 0 Å². The number of pyridine rings is 2. The van der Waals surface area contributed by atoms with Crippen LogP contribution in [0.15, 0.2) is 54.9 Å². The average molecular weight is 458 g/mol. The molecule has 1 saturated carbocycles. The van der Waals surface area contributed by atoms with Crippen molar-refractivity contribution in [3.05, 3.63) is 71.9 Å². The highest BCUT2D eigenvalue weighted by Gasteiger charge is 2.27. The van der Waals surface area contributed by atoms with Crippen molar-refractivity contribution >= 4 is 23.2 Å². The summed E-state index contributed by atoms with van der Waals surface area (Å²) < 4.78 is 14.8. The molecule has 0 radical (unpaired) electrons. The Labute approximate surface area is 197 Å². The van der Waals surface area contributed by atoms with Gasteiger partial charge in [-0.05, 0) is 61.1 Å². The number of nitriles is 1. The van der Waals surface area contributed by atoms with Crippen molar-refractivity contribution in [1.82, 2.24) is 9.97 Å². The molecule has 1 aliphatic carbocycles. The molecule has 0 unspecified atom stereocenters. The van der Waals surface area contributed by atoms with E-state index in [2.05, 4.69) is 15.3 Å². The Kier molecular flexibility index (Phi) is 6.93. The van der Waals surface area contributed by atoms with Crippen LogP contribution in [0.1, 0.15) is 37.4 Å². The monoisotopic (exact) mass is 457 g/mol. The Morgan fingerprint density at radius 1 is 1.15 bits per heavy atom. The summed E-state index contributed by atoms with van der Waals surface area (Å²) in [4.78, 5) is 34.1. The standard InChI is InChI=1S/C26H24FN5O2/c1-17(33)32(16-19-2-3-19)25-10-6-20(12-23(25)27)24-9-8-22(15-30-24)31-26(34)11-5-18-4-7-21(13-28)29-14-18/h4,6-10,12,14-15,19H,2-3,5,11,16H2,1H3,(H,31,34). The van der Waals surface area contributed by atoms with Crippen molar-refractivity contribution in [2.45, 2.75) is 32.6 Å². The molecule has 0 aliphatic heterocycles. The molecule has 0 bridgehead atoms. The molecule has 1 aliphatic rings. The summed E-state index contributed by atoms with van der Waals surface area (Å²) in [6.07, 6.45) is 6.02. The van der Waals surface area contributed by atoms with Crippen molar-refractivity contribution in [3.63, 3.8) is 0 Å². The quantitative estimate of drug-likeness (QED) is 0.537. The van der Waals surface area contributed by atoms with Crippen LogP contribution in [0.5, 0.6) is 0 Å². The normalized spacial score (nSPS) is 12.6. The minimum absolute atomic E-state index is 0.172. The van der Waals surface area contributed by atoms with E-state index < -0.39 is 5.82 Å². The molecule has 2 heterocycles. The molecule has 0 atom stereocenters. The van der Waals surface area contributed by atoms with E-state index in [1.807, 2.05) is 6.07 Å². The third-order valence-electron chi connectivity index (χ3n) is 5.68. The first kappa shape index (κ1) is 23.1. The van der Waals surface area contributed by atoms with Crippen molar-refractivity contribution in [2.24, 2.45) is 5.92 Å². The molecule has 2 amide bonds. The van der Waals surface area contributed by atoms with Gasteiger partial charge in [-0.3, -0.25) is 14.6 Å². The Balaban J connectivity index is 1.37. The van der Waals surface area contributed by atoms with E-state index in [-0.39, 0.29) is 23.9 Å². The largest absolute Gasteiger partial charge is 0.325 e. The fraction of sp³-hybridized carbons (Fsp3) is 0.269. The molecular formula is C26H24FN5O2. The summed E-state index contributed by atoms with van der Waals surface area (Å²) in [6, 6.07) is 13.5. The summed E-state index contributed by atoms with van der Waals surface area (Å²) in [7, 11) is 0. The van der Waals surface area contributed by atoms with Gasteiger partial charge in [0.25, 0.3) is 0 Å². The smallest absolute Gasteiger partial charge is 0.224 e. The second-order valence-corrected chi connectivity index (χ2v) is 8.38. The van der Waals surface area contributed by atoms with Crippen molar-refractivity contribution in [3.8, 4) is 17.3 Å². The highest BCUT2D eigenvalue weighted by atomic mass is 19.1. The Hall–Kier alpha value is -4.12. The van der Waals surface area contributed by atoms with Crippen LogP contribution < -0.4 is 10.2 Å². The lowest BCUT2D eigenvalue weighted by atomic mass is 10.1. The molecule has 0 saturated heterocycles. The Morgan fingerprint density at radius 3 is 2.56 bits per heavy atom. The van der Waals surface area contributed by atoms with Gasteiger partial charge in [0, 0.05) is 31.6 Å². The van der Waals surface area contributed by atoms with Crippen molar-refractivity contribution in [1.29, 1.82) is 5.26 Å². The number of nitrogens with one attached hydrogen (secondary N) is 1. The first-order chi connectivity index (χ1) is 16.4. The fourth-order valence-electron chi connectivity index (χ4n) is 3.60. The van der Waals surface area contributed by atoms with E-state index in [0.717, 1.165) is 18.4 Å². The molecule has 8 heteroatoms. The first-order valence-corrected chi connectivity index (χ1v) is 11.1. The third kappa shape index (κ3) is 5.81. The molecular weight excluding hydrogens is 433 g/mol. The lowest BCUT2D eigenvalue weighted by Crippen LogP contribution is -2.31. The van der Waals surface area contributed by atoms with Gasteiger partial charge in [-0.15, -0.1) is 0 Å². The molecule has 1 fully saturated rings. The van der Waals surface area contributed by atoms with Gasteiger partial charge in [0.2, 0.25) is 11.8 Å². The number of carbonyl (C=O) groups is 2. The van der Waals surface area contributed by atoms with Crippen LogP contribution in [-0.2, 0) is 16.0 Å². The summed E-state index contributed by atoms with van der Waals surface area (Å²) >= 11 is 0. The van der Waals surface area contributed by atoms with Gasteiger partial charge >= 0.3 is 0 Å². The second-order valence-electron chi connectivity index (χ2n) is 8.38. The Morgan fingerprint density at radius 2 is 1.97 bits per heavy atom. The SMILES string of the molecule is CC(=O)N(CC1CC1)c1ccc(-c2ccc(NC(=O)CCc3ccc(C#N)nc3)cn2)cc1F. The zero-order valence-corrected chi connectivity index (χ0v) is 18.8. The maximum Gasteiger partial charge on any atom is 0.224 e. The summed E-state index contributed by atoms with van der Waals surface area (Å²) in [6.45, 7) is 1.99.